The van der Waals surface area contributed by atoms with Crippen LogP contribution in [-0.2, 0) is 4.79 Å². The van der Waals surface area contributed by atoms with Gasteiger partial charge in [-0.3, -0.25) is 9.59 Å². The highest BCUT2D eigenvalue weighted by molar-refractivity contribution is 6.16. The largest absolute Gasteiger partial charge is 0.484 e. The smallest absolute Gasteiger partial charge is 0.262 e. The van der Waals surface area contributed by atoms with Gasteiger partial charge in [0.2, 0.25) is 0 Å². The van der Waals surface area contributed by atoms with Crippen LogP contribution in [0, 0.1) is 5.82 Å². The number of halogens is 1. The maximum Gasteiger partial charge on any atom is 0.262 e. The highest BCUT2D eigenvalue weighted by Gasteiger charge is 2.16. The number of fused-ring (bicyclic) bond motifs is 1. The maximum absolute atomic E-state index is 12.9. The standard InChI is InChI=1S/C23H16FNO4/c24-16-6-8-17(9-7-16)25-22(26)14-28-18-10-11-21-19(12-18)20(13-29-21)23(27)15-4-2-1-3-5-15/h1-13H,14H2,(H,25,26). The number of ether oxygens (including phenoxy) is 1. The van der Waals surface area contributed by atoms with E-state index in [0.717, 1.165) is 0 Å². The third kappa shape index (κ3) is 4.16. The average molecular weight is 389 g/mol. The zero-order chi connectivity index (χ0) is 20.2. The molecule has 144 valence electrons. The highest BCUT2D eigenvalue weighted by atomic mass is 19.1. The number of amides is 1. The SMILES string of the molecule is O=C(COc1ccc2occ(C(=O)c3ccccc3)c2c1)Nc1ccc(F)cc1. The number of benzene rings is 3. The van der Waals surface area contributed by atoms with Gasteiger partial charge in [-0.05, 0) is 42.5 Å². The average Bonchev–Trinajstić information content (AvgIpc) is 3.17. The first-order valence-electron chi connectivity index (χ1n) is 8.89. The van der Waals surface area contributed by atoms with Crippen LogP contribution >= 0.6 is 0 Å². The van der Waals surface area contributed by atoms with Gasteiger partial charge in [0.25, 0.3) is 5.91 Å². The zero-order valence-electron chi connectivity index (χ0n) is 15.2. The van der Waals surface area contributed by atoms with Gasteiger partial charge in [0.15, 0.2) is 12.4 Å². The predicted molar refractivity (Wildman–Crippen MR) is 107 cm³/mol. The summed E-state index contributed by atoms with van der Waals surface area (Å²) in [5.74, 6) is -0.496. The number of carbonyl (C=O) groups is 2. The van der Waals surface area contributed by atoms with Crippen LogP contribution in [0.3, 0.4) is 0 Å². The Hall–Kier alpha value is -3.93. The van der Waals surface area contributed by atoms with E-state index in [1.165, 1.54) is 30.5 Å². The molecule has 0 spiro atoms. The monoisotopic (exact) mass is 389 g/mol. The molecule has 4 rings (SSSR count). The summed E-state index contributed by atoms with van der Waals surface area (Å²) in [6.07, 6.45) is 1.42. The fraction of sp³-hybridized carbons (Fsp3) is 0.0435. The molecule has 0 aliphatic carbocycles. The fourth-order valence-corrected chi connectivity index (χ4v) is 2.90. The molecule has 0 radical (unpaired) electrons. The summed E-state index contributed by atoms with van der Waals surface area (Å²) in [5.41, 5.74) is 2.00. The van der Waals surface area contributed by atoms with Gasteiger partial charge in [-0.2, -0.15) is 0 Å². The molecule has 0 bridgehead atoms. The van der Waals surface area contributed by atoms with Crippen LogP contribution in [-0.4, -0.2) is 18.3 Å². The molecule has 1 heterocycles. The lowest BCUT2D eigenvalue weighted by atomic mass is 10.0. The van der Waals surface area contributed by atoms with Gasteiger partial charge in [-0.25, -0.2) is 4.39 Å². The molecule has 4 aromatic rings. The molecule has 0 saturated heterocycles. The second-order valence-electron chi connectivity index (χ2n) is 6.35. The molecule has 6 heteroatoms. The summed E-state index contributed by atoms with van der Waals surface area (Å²) in [4.78, 5) is 24.8. The van der Waals surface area contributed by atoms with Gasteiger partial charge < -0.3 is 14.5 Å². The van der Waals surface area contributed by atoms with Crippen molar-refractivity contribution in [1.82, 2.24) is 0 Å². The molecule has 0 unspecified atom stereocenters. The van der Waals surface area contributed by atoms with Gasteiger partial charge in [-0.15, -0.1) is 0 Å². The van der Waals surface area contributed by atoms with Gasteiger partial charge >= 0.3 is 0 Å². The molecular formula is C23H16FNO4. The fourth-order valence-electron chi connectivity index (χ4n) is 2.90. The van der Waals surface area contributed by atoms with Gasteiger partial charge in [-0.1, -0.05) is 30.3 Å². The van der Waals surface area contributed by atoms with Gasteiger partial charge in [0, 0.05) is 16.6 Å². The van der Waals surface area contributed by atoms with Crippen molar-refractivity contribution < 1.29 is 23.1 Å². The molecule has 29 heavy (non-hydrogen) atoms. The second-order valence-corrected chi connectivity index (χ2v) is 6.35. The number of rotatable bonds is 6. The summed E-state index contributed by atoms with van der Waals surface area (Å²) in [7, 11) is 0. The topological polar surface area (TPSA) is 68.5 Å². The summed E-state index contributed by atoms with van der Waals surface area (Å²) < 4.78 is 23.9. The van der Waals surface area contributed by atoms with E-state index in [1.807, 2.05) is 6.07 Å². The minimum Gasteiger partial charge on any atom is -0.484 e. The minimum atomic E-state index is -0.385. The molecule has 1 aromatic heterocycles. The summed E-state index contributed by atoms with van der Waals surface area (Å²) in [6, 6.07) is 19.4. The van der Waals surface area contributed by atoms with E-state index in [0.29, 0.717) is 33.5 Å². The van der Waals surface area contributed by atoms with Crippen molar-refractivity contribution in [3.8, 4) is 5.75 Å². The van der Waals surface area contributed by atoms with Gasteiger partial charge in [0.05, 0.1) is 5.56 Å². The molecule has 5 nitrogen and oxygen atoms in total. The molecule has 1 amide bonds. The molecule has 1 N–H and O–H groups in total. The van der Waals surface area contributed by atoms with Gasteiger partial charge in [0.1, 0.15) is 23.4 Å². The van der Waals surface area contributed by atoms with E-state index < -0.39 is 0 Å². The maximum atomic E-state index is 12.9. The van der Waals surface area contributed by atoms with E-state index in [-0.39, 0.29) is 24.1 Å². The number of hydrogen-bond donors (Lipinski definition) is 1. The molecule has 0 fully saturated rings. The Labute approximate surface area is 165 Å². The third-order valence-corrected chi connectivity index (χ3v) is 4.32. The van der Waals surface area contributed by atoms with Crippen LogP contribution in [0.15, 0.2) is 83.5 Å². The first-order chi connectivity index (χ1) is 14.1. The Morgan fingerprint density at radius 2 is 1.72 bits per heavy atom. The molecule has 0 aliphatic heterocycles. The van der Waals surface area contributed by atoms with Crippen molar-refractivity contribution in [2.45, 2.75) is 0 Å². The number of ketones is 1. The number of nitrogens with one attached hydrogen (secondary N) is 1. The predicted octanol–water partition coefficient (Wildman–Crippen LogP) is 4.82. The van der Waals surface area contributed by atoms with E-state index in [4.69, 9.17) is 9.15 Å². The van der Waals surface area contributed by atoms with Crippen LogP contribution in [0.5, 0.6) is 5.75 Å². The normalized spacial score (nSPS) is 10.7. The van der Waals surface area contributed by atoms with E-state index in [1.54, 1.807) is 42.5 Å². The van der Waals surface area contributed by atoms with Crippen LogP contribution in [0.4, 0.5) is 10.1 Å². The van der Waals surface area contributed by atoms with Crippen molar-refractivity contribution in [2.24, 2.45) is 0 Å². The summed E-state index contributed by atoms with van der Waals surface area (Å²) >= 11 is 0. The van der Waals surface area contributed by atoms with E-state index in [9.17, 15) is 14.0 Å². The molecular weight excluding hydrogens is 373 g/mol. The van der Waals surface area contributed by atoms with Crippen molar-refractivity contribution in [1.29, 1.82) is 0 Å². The lowest BCUT2D eigenvalue weighted by molar-refractivity contribution is -0.118. The minimum absolute atomic E-state index is 0.157. The first kappa shape index (κ1) is 18.4. The second kappa shape index (κ2) is 7.98. The van der Waals surface area contributed by atoms with Crippen LogP contribution in [0.2, 0.25) is 0 Å². The van der Waals surface area contributed by atoms with Crippen LogP contribution in [0.1, 0.15) is 15.9 Å². The molecule has 0 atom stereocenters. The molecule has 0 aliphatic rings. The summed E-state index contributed by atoms with van der Waals surface area (Å²) in [6.45, 7) is -0.233. The van der Waals surface area contributed by atoms with Crippen molar-refractivity contribution >= 4 is 28.3 Å². The third-order valence-electron chi connectivity index (χ3n) is 4.32. The highest BCUT2D eigenvalue weighted by Crippen LogP contribution is 2.27. The van der Waals surface area contributed by atoms with E-state index in [2.05, 4.69) is 5.32 Å². The Balaban J connectivity index is 1.48. The lowest BCUT2D eigenvalue weighted by Gasteiger charge is -2.08. The zero-order valence-corrected chi connectivity index (χ0v) is 15.2. The lowest BCUT2D eigenvalue weighted by Crippen LogP contribution is -2.20. The van der Waals surface area contributed by atoms with Crippen molar-refractivity contribution in [3.05, 3.63) is 96.0 Å². The Kier molecular flexibility index (Phi) is 5.07. The number of anilines is 1. The Morgan fingerprint density at radius 3 is 2.48 bits per heavy atom. The first-order valence-corrected chi connectivity index (χ1v) is 8.89. The Bertz CT molecular complexity index is 1170. The van der Waals surface area contributed by atoms with Crippen molar-refractivity contribution in [2.75, 3.05) is 11.9 Å². The Morgan fingerprint density at radius 1 is 0.966 bits per heavy atom. The number of furan rings is 1. The van der Waals surface area contributed by atoms with Crippen LogP contribution in [0.25, 0.3) is 11.0 Å². The van der Waals surface area contributed by atoms with Crippen molar-refractivity contribution in [3.63, 3.8) is 0 Å². The quantitative estimate of drug-likeness (QED) is 0.480. The van der Waals surface area contributed by atoms with Crippen LogP contribution < -0.4 is 10.1 Å². The number of hydrogen-bond acceptors (Lipinski definition) is 4. The molecule has 3 aromatic carbocycles. The number of carbonyl (C=O) groups excluding carboxylic acids is 2. The summed E-state index contributed by atoms with van der Waals surface area (Å²) in [5, 5.41) is 3.23. The molecule has 0 saturated carbocycles. The van der Waals surface area contributed by atoms with E-state index >= 15 is 0 Å².